The molecule has 0 aromatic carbocycles. The Morgan fingerprint density at radius 2 is 1.76 bits per heavy atom. The van der Waals surface area contributed by atoms with E-state index in [1.165, 1.54) is 25.7 Å². The number of hydrogen-bond donors (Lipinski definition) is 1. The second kappa shape index (κ2) is 6.53. The standard InChI is InChI=1S/C16H29N3O2/c1-21-13-16(12-17-14-4-5-14)6-10-19(11-7-16)15(20)18-8-2-3-9-18/h14,17H,2-13H2,1H3. The third kappa shape index (κ3) is 3.69. The number of carbonyl (C=O) groups is 1. The lowest BCUT2D eigenvalue weighted by Gasteiger charge is -2.42. The molecule has 0 aromatic rings. The topological polar surface area (TPSA) is 44.8 Å². The van der Waals surface area contributed by atoms with Gasteiger partial charge in [-0.25, -0.2) is 4.79 Å². The molecule has 2 heterocycles. The van der Waals surface area contributed by atoms with Crippen LogP contribution in [0.5, 0.6) is 0 Å². The van der Waals surface area contributed by atoms with Gasteiger partial charge >= 0.3 is 6.03 Å². The van der Waals surface area contributed by atoms with Gasteiger partial charge in [0.25, 0.3) is 0 Å². The van der Waals surface area contributed by atoms with Crippen molar-refractivity contribution in [2.24, 2.45) is 5.41 Å². The zero-order chi connectivity index (χ0) is 14.7. The predicted molar refractivity (Wildman–Crippen MR) is 82.3 cm³/mol. The summed E-state index contributed by atoms with van der Waals surface area (Å²) in [6, 6.07) is 0.997. The third-order valence-corrected chi connectivity index (χ3v) is 5.26. The number of hydrogen-bond acceptors (Lipinski definition) is 3. The SMILES string of the molecule is COCC1(CNC2CC2)CCN(C(=O)N2CCCC2)CC1. The number of piperidine rings is 1. The minimum Gasteiger partial charge on any atom is -0.384 e. The highest BCUT2D eigenvalue weighted by Crippen LogP contribution is 2.33. The van der Waals surface area contributed by atoms with E-state index in [0.29, 0.717) is 0 Å². The van der Waals surface area contributed by atoms with Gasteiger partial charge in [-0.3, -0.25) is 0 Å². The monoisotopic (exact) mass is 295 g/mol. The van der Waals surface area contributed by atoms with Gasteiger partial charge in [0.2, 0.25) is 0 Å². The van der Waals surface area contributed by atoms with Crippen molar-refractivity contribution in [3.63, 3.8) is 0 Å². The van der Waals surface area contributed by atoms with E-state index in [9.17, 15) is 4.79 Å². The first-order chi connectivity index (χ1) is 10.2. The predicted octanol–water partition coefficient (Wildman–Crippen LogP) is 1.68. The number of likely N-dealkylation sites (tertiary alicyclic amines) is 2. The molecule has 0 unspecified atom stereocenters. The van der Waals surface area contributed by atoms with Gasteiger partial charge in [0.1, 0.15) is 0 Å². The number of methoxy groups -OCH3 is 1. The van der Waals surface area contributed by atoms with E-state index < -0.39 is 0 Å². The van der Waals surface area contributed by atoms with Crippen LogP contribution in [-0.4, -0.2) is 68.3 Å². The normalized spacial score (nSPS) is 25.4. The molecule has 0 atom stereocenters. The maximum atomic E-state index is 12.5. The Kier molecular flexibility index (Phi) is 4.69. The zero-order valence-electron chi connectivity index (χ0n) is 13.3. The van der Waals surface area contributed by atoms with Crippen LogP contribution in [0.2, 0.25) is 0 Å². The minimum atomic E-state index is 0.221. The summed E-state index contributed by atoms with van der Waals surface area (Å²) in [5.41, 5.74) is 0.221. The summed E-state index contributed by atoms with van der Waals surface area (Å²) in [5, 5.41) is 3.66. The first-order valence-corrected chi connectivity index (χ1v) is 8.49. The van der Waals surface area contributed by atoms with Gasteiger partial charge in [-0.1, -0.05) is 0 Å². The molecule has 2 saturated heterocycles. The maximum absolute atomic E-state index is 12.5. The average molecular weight is 295 g/mol. The summed E-state index contributed by atoms with van der Waals surface area (Å²) >= 11 is 0. The van der Waals surface area contributed by atoms with Gasteiger partial charge in [0, 0.05) is 51.3 Å². The number of carbonyl (C=O) groups excluding carboxylic acids is 1. The molecular formula is C16H29N3O2. The van der Waals surface area contributed by atoms with Crippen LogP contribution in [-0.2, 0) is 4.74 Å². The van der Waals surface area contributed by atoms with Gasteiger partial charge in [-0.15, -0.1) is 0 Å². The van der Waals surface area contributed by atoms with Crippen molar-refractivity contribution in [2.45, 2.75) is 44.6 Å². The van der Waals surface area contributed by atoms with Crippen molar-refractivity contribution in [3.8, 4) is 0 Å². The molecule has 3 fully saturated rings. The molecule has 2 aliphatic heterocycles. The molecule has 1 saturated carbocycles. The minimum absolute atomic E-state index is 0.221. The lowest BCUT2D eigenvalue weighted by molar-refractivity contribution is 0.0266. The van der Waals surface area contributed by atoms with E-state index >= 15 is 0 Å². The molecule has 1 N–H and O–H groups in total. The molecule has 1 aliphatic carbocycles. The fraction of sp³-hybridized carbons (Fsp3) is 0.938. The van der Waals surface area contributed by atoms with Crippen LogP contribution in [0.25, 0.3) is 0 Å². The number of ether oxygens (including phenoxy) is 1. The fourth-order valence-electron chi connectivity index (χ4n) is 3.61. The molecule has 0 bridgehead atoms. The van der Waals surface area contributed by atoms with Crippen LogP contribution < -0.4 is 5.32 Å². The molecule has 2 amide bonds. The second-order valence-corrected chi connectivity index (χ2v) is 7.05. The number of urea groups is 1. The Labute approximate surface area is 128 Å². The summed E-state index contributed by atoms with van der Waals surface area (Å²) in [6.45, 7) is 5.50. The number of nitrogens with one attached hydrogen (secondary N) is 1. The van der Waals surface area contributed by atoms with E-state index in [2.05, 4.69) is 10.2 Å². The number of nitrogens with zero attached hydrogens (tertiary/aromatic N) is 2. The van der Waals surface area contributed by atoms with Gasteiger partial charge < -0.3 is 19.9 Å². The highest BCUT2D eigenvalue weighted by molar-refractivity contribution is 5.74. The van der Waals surface area contributed by atoms with Crippen molar-refractivity contribution in [2.75, 3.05) is 46.4 Å². The second-order valence-electron chi connectivity index (χ2n) is 7.05. The van der Waals surface area contributed by atoms with Gasteiger partial charge in [0.05, 0.1) is 6.61 Å². The smallest absolute Gasteiger partial charge is 0.319 e. The van der Waals surface area contributed by atoms with Crippen LogP contribution in [0, 0.1) is 5.41 Å². The Bertz CT molecular complexity index is 357. The van der Waals surface area contributed by atoms with E-state index in [1.54, 1.807) is 7.11 Å². The molecule has 0 aromatic heterocycles. The Morgan fingerprint density at radius 1 is 1.14 bits per heavy atom. The van der Waals surface area contributed by atoms with E-state index in [-0.39, 0.29) is 11.4 Å². The molecule has 0 radical (unpaired) electrons. The molecule has 3 aliphatic rings. The van der Waals surface area contributed by atoms with E-state index in [0.717, 1.165) is 58.2 Å². The summed E-state index contributed by atoms with van der Waals surface area (Å²) < 4.78 is 5.48. The van der Waals surface area contributed by atoms with E-state index in [1.807, 2.05) is 4.90 Å². The summed E-state index contributed by atoms with van der Waals surface area (Å²) in [7, 11) is 1.79. The molecule has 0 spiro atoms. The lowest BCUT2D eigenvalue weighted by atomic mass is 9.79. The average Bonchev–Trinajstić information content (AvgIpc) is 3.18. The Balaban J connectivity index is 1.51. The van der Waals surface area contributed by atoms with Gasteiger partial charge in [-0.2, -0.15) is 0 Å². The molecule has 21 heavy (non-hydrogen) atoms. The van der Waals surface area contributed by atoms with Crippen LogP contribution in [0.15, 0.2) is 0 Å². The largest absolute Gasteiger partial charge is 0.384 e. The van der Waals surface area contributed by atoms with Crippen molar-refractivity contribution in [3.05, 3.63) is 0 Å². The molecule has 5 nitrogen and oxygen atoms in total. The van der Waals surface area contributed by atoms with Gasteiger partial charge in [0.15, 0.2) is 0 Å². The zero-order valence-corrected chi connectivity index (χ0v) is 13.3. The van der Waals surface area contributed by atoms with Gasteiger partial charge in [-0.05, 0) is 38.5 Å². The molecule has 5 heteroatoms. The van der Waals surface area contributed by atoms with E-state index in [4.69, 9.17) is 4.74 Å². The van der Waals surface area contributed by atoms with Crippen LogP contribution in [0.4, 0.5) is 4.79 Å². The first kappa shape index (κ1) is 15.1. The summed E-state index contributed by atoms with van der Waals surface area (Å²) in [6.07, 6.45) is 7.09. The van der Waals surface area contributed by atoms with Crippen molar-refractivity contribution < 1.29 is 9.53 Å². The van der Waals surface area contributed by atoms with Crippen molar-refractivity contribution in [1.29, 1.82) is 0 Å². The summed E-state index contributed by atoms with van der Waals surface area (Å²) in [5.74, 6) is 0. The third-order valence-electron chi connectivity index (χ3n) is 5.26. The highest BCUT2D eigenvalue weighted by atomic mass is 16.5. The van der Waals surface area contributed by atoms with Crippen molar-refractivity contribution >= 4 is 6.03 Å². The van der Waals surface area contributed by atoms with Crippen LogP contribution >= 0.6 is 0 Å². The Morgan fingerprint density at radius 3 is 2.33 bits per heavy atom. The number of rotatable bonds is 5. The highest BCUT2D eigenvalue weighted by Gasteiger charge is 2.38. The summed E-state index contributed by atoms with van der Waals surface area (Å²) in [4.78, 5) is 16.5. The molecular weight excluding hydrogens is 266 g/mol. The van der Waals surface area contributed by atoms with Crippen LogP contribution in [0.1, 0.15) is 38.5 Å². The number of amides is 2. The van der Waals surface area contributed by atoms with Crippen molar-refractivity contribution in [1.82, 2.24) is 15.1 Å². The molecule has 3 rings (SSSR count). The Hall–Kier alpha value is -0.810. The fourth-order valence-corrected chi connectivity index (χ4v) is 3.61. The maximum Gasteiger partial charge on any atom is 0.319 e. The quantitative estimate of drug-likeness (QED) is 0.839. The van der Waals surface area contributed by atoms with Crippen LogP contribution in [0.3, 0.4) is 0 Å². The molecule has 120 valence electrons. The first-order valence-electron chi connectivity index (χ1n) is 8.49. The lowest BCUT2D eigenvalue weighted by Crippen LogP contribution is -2.52.